The number of likely N-dealkylation sites (tertiary alicyclic amines) is 1. The van der Waals surface area contributed by atoms with Crippen molar-refractivity contribution in [3.63, 3.8) is 0 Å². The van der Waals surface area contributed by atoms with E-state index in [4.69, 9.17) is 0 Å². The van der Waals surface area contributed by atoms with E-state index in [0.29, 0.717) is 34.2 Å². The van der Waals surface area contributed by atoms with E-state index >= 15 is 0 Å². The lowest BCUT2D eigenvalue weighted by atomic mass is 10.00. The van der Waals surface area contributed by atoms with Crippen molar-refractivity contribution in [3.05, 3.63) is 83.9 Å². The average molecular weight is 538 g/mol. The fourth-order valence-corrected chi connectivity index (χ4v) is 6.41. The summed E-state index contributed by atoms with van der Waals surface area (Å²) in [6.07, 6.45) is 4.53. The van der Waals surface area contributed by atoms with E-state index in [1.165, 1.54) is 17.4 Å². The Kier molecular flexibility index (Phi) is 6.36. The minimum atomic E-state index is -0.343. The van der Waals surface area contributed by atoms with Crippen LogP contribution in [-0.2, 0) is 4.79 Å². The molecule has 1 saturated heterocycles. The SMILES string of the molecule is C=CC(=O)N1CCC[C@@H](NC(=O)c2sc3nccc4c3c2NC(=O)N4c2cccc(-c3ccccc3C)c2)C1. The molecule has 0 saturated carbocycles. The van der Waals surface area contributed by atoms with Gasteiger partial charge in [0.15, 0.2) is 0 Å². The Bertz CT molecular complexity index is 1640. The van der Waals surface area contributed by atoms with Crippen LogP contribution in [0.3, 0.4) is 0 Å². The van der Waals surface area contributed by atoms with Gasteiger partial charge in [-0.05, 0) is 60.7 Å². The number of hydrogen-bond donors (Lipinski definition) is 2. The number of carbonyl (C=O) groups excluding carboxylic acids is 3. The molecular formula is C30H27N5O3S. The standard InChI is InChI=1S/C30H27N5O3S/c1-3-24(36)34-15-7-10-20(17-34)32-28(37)27-26-25-23(13-14-31-29(25)39-27)35(30(38)33-26)21-11-6-9-19(16-21)22-12-5-4-8-18(22)2/h3-6,8-9,11-14,16,20H,1,7,10,15,17H2,2H3,(H,32,37)(H,33,38)/t20-/m1/s1. The van der Waals surface area contributed by atoms with Gasteiger partial charge in [0.05, 0.1) is 22.4 Å². The van der Waals surface area contributed by atoms with Crippen molar-refractivity contribution in [2.24, 2.45) is 0 Å². The van der Waals surface area contributed by atoms with Crippen molar-refractivity contribution in [1.29, 1.82) is 0 Å². The topological polar surface area (TPSA) is 94.6 Å². The summed E-state index contributed by atoms with van der Waals surface area (Å²) in [5.41, 5.74) is 5.13. The van der Waals surface area contributed by atoms with Crippen LogP contribution in [0.1, 0.15) is 28.1 Å². The summed E-state index contributed by atoms with van der Waals surface area (Å²) in [4.78, 5) is 47.9. The van der Waals surface area contributed by atoms with Crippen molar-refractivity contribution in [1.82, 2.24) is 15.2 Å². The molecule has 9 heteroatoms. The molecule has 39 heavy (non-hydrogen) atoms. The van der Waals surface area contributed by atoms with E-state index in [2.05, 4.69) is 41.3 Å². The number of aromatic nitrogens is 1. The number of pyridine rings is 1. The van der Waals surface area contributed by atoms with Gasteiger partial charge < -0.3 is 15.5 Å². The maximum Gasteiger partial charge on any atom is 0.331 e. The molecule has 2 aromatic heterocycles. The van der Waals surface area contributed by atoms with Crippen LogP contribution in [0.25, 0.3) is 21.3 Å². The van der Waals surface area contributed by atoms with Gasteiger partial charge in [0.2, 0.25) is 5.91 Å². The van der Waals surface area contributed by atoms with Crippen LogP contribution in [0.2, 0.25) is 0 Å². The van der Waals surface area contributed by atoms with Gasteiger partial charge in [-0.3, -0.25) is 14.5 Å². The Hall–Kier alpha value is -4.50. The third-order valence-corrected chi connectivity index (χ3v) is 8.35. The zero-order valence-corrected chi connectivity index (χ0v) is 22.3. The number of nitrogens with zero attached hydrogens (tertiary/aromatic N) is 3. The maximum absolute atomic E-state index is 13.5. The minimum absolute atomic E-state index is 0.140. The predicted molar refractivity (Wildman–Crippen MR) is 155 cm³/mol. The second-order valence-electron chi connectivity index (χ2n) is 9.75. The van der Waals surface area contributed by atoms with Gasteiger partial charge in [0.1, 0.15) is 9.71 Å². The van der Waals surface area contributed by atoms with E-state index in [1.807, 2.05) is 36.4 Å². The Labute approximate surface area is 230 Å². The fraction of sp³-hybridized carbons (Fsp3) is 0.200. The predicted octanol–water partition coefficient (Wildman–Crippen LogP) is 5.86. The molecule has 0 aliphatic carbocycles. The van der Waals surface area contributed by atoms with E-state index < -0.39 is 0 Å². The highest BCUT2D eigenvalue weighted by atomic mass is 32.1. The lowest BCUT2D eigenvalue weighted by molar-refractivity contribution is -0.127. The van der Waals surface area contributed by atoms with Crippen LogP contribution in [0.5, 0.6) is 0 Å². The second kappa shape index (κ2) is 9.99. The molecule has 2 N–H and O–H groups in total. The third kappa shape index (κ3) is 4.44. The van der Waals surface area contributed by atoms with Crippen molar-refractivity contribution in [2.45, 2.75) is 25.8 Å². The summed E-state index contributed by atoms with van der Waals surface area (Å²) in [6, 6.07) is 17.3. The highest BCUT2D eigenvalue weighted by Crippen LogP contribution is 2.46. The molecule has 2 aromatic carbocycles. The van der Waals surface area contributed by atoms with Gasteiger partial charge in [-0.15, -0.1) is 11.3 Å². The number of benzene rings is 2. The average Bonchev–Trinajstić information content (AvgIpc) is 3.32. The fourth-order valence-electron chi connectivity index (χ4n) is 5.39. The Balaban J connectivity index is 1.34. The van der Waals surface area contributed by atoms with Crippen LogP contribution in [0.15, 0.2) is 73.4 Å². The second-order valence-corrected chi connectivity index (χ2v) is 10.7. The zero-order valence-electron chi connectivity index (χ0n) is 21.4. The zero-order chi connectivity index (χ0) is 27.1. The first kappa shape index (κ1) is 24.8. The first-order valence-corrected chi connectivity index (χ1v) is 13.7. The number of hydrogen-bond acceptors (Lipinski definition) is 5. The molecule has 0 unspecified atom stereocenters. The molecule has 196 valence electrons. The van der Waals surface area contributed by atoms with Gasteiger partial charge >= 0.3 is 6.03 Å². The number of rotatable bonds is 5. The molecule has 0 radical (unpaired) electrons. The molecule has 4 heterocycles. The molecular weight excluding hydrogens is 510 g/mol. The monoisotopic (exact) mass is 537 g/mol. The minimum Gasteiger partial charge on any atom is -0.347 e. The number of carbonyl (C=O) groups is 3. The van der Waals surface area contributed by atoms with E-state index in [0.717, 1.165) is 40.6 Å². The quantitative estimate of drug-likeness (QED) is 0.312. The van der Waals surface area contributed by atoms with Gasteiger partial charge in [-0.25, -0.2) is 9.78 Å². The van der Waals surface area contributed by atoms with Crippen molar-refractivity contribution < 1.29 is 14.4 Å². The molecule has 8 nitrogen and oxygen atoms in total. The van der Waals surface area contributed by atoms with Crippen LogP contribution in [0, 0.1) is 6.92 Å². The summed E-state index contributed by atoms with van der Waals surface area (Å²) in [7, 11) is 0. The van der Waals surface area contributed by atoms with E-state index in [-0.39, 0.29) is 23.9 Å². The van der Waals surface area contributed by atoms with Crippen molar-refractivity contribution >= 4 is 56.5 Å². The van der Waals surface area contributed by atoms with Crippen molar-refractivity contribution in [3.8, 4) is 11.1 Å². The first-order valence-electron chi connectivity index (χ1n) is 12.9. The number of amides is 4. The van der Waals surface area contributed by atoms with E-state index in [9.17, 15) is 14.4 Å². The number of anilines is 3. The maximum atomic E-state index is 13.5. The number of nitrogens with one attached hydrogen (secondary N) is 2. The largest absolute Gasteiger partial charge is 0.347 e. The van der Waals surface area contributed by atoms with Crippen molar-refractivity contribution in [2.75, 3.05) is 23.3 Å². The van der Waals surface area contributed by atoms with E-state index in [1.54, 1.807) is 22.1 Å². The molecule has 4 amide bonds. The summed E-state index contributed by atoms with van der Waals surface area (Å²) in [5.74, 6) is -0.425. The summed E-state index contributed by atoms with van der Waals surface area (Å²) in [5, 5.41) is 6.76. The normalized spacial score (nSPS) is 16.6. The van der Waals surface area contributed by atoms with Crippen LogP contribution >= 0.6 is 11.3 Å². The smallest absolute Gasteiger partial charge is 0.331 e. The highest BCUT2D eigenvalue weighted by molar-refractivity contribution is 7.21. The van der Waals surface area contributed by atoms with Crippen LogP contribution < -0.4 is 15.5 Å². The van der Waals surface area contributed by atoms with Gasteiger partial charge in [-0.1, -0.05) is 43.0 Å². The molecule has 2 aliphatic rings. The third-order valence-electron chi connectivity index (χ3n) is 7.26. The van der Waals surface area contributed by atoms with Crippen LogP contribution in [-0.4, -0.2) is 46.9 Å². The van der Waals surface area contributed by atoms with Gasteiger partial charge in [0.25, 0.3) is 5.91 Å². The molecule has 0 spiro atoms. The summed E-state index contributed by atoms with van der Waals surface area (Å²) in [6.45, 7) is 6.70. The summed E-state index contributed by atoms with van der Waals surface area (Å²) < 4.78 is 0. The number of aryl methyl sites for hydroxylation is 1. The van der Waals surface area contributed by atoms with Gasteiger partial charge in [-0.2, -0.15) is 0 Å². The van der Waals surface area contributed by atoms with Gasteiger partial charge in [0, 0.05) is 25.3 Å². The Morgan fingerprint density at radius 3 is 2.85 bits per heavy atom. The number of urea groups is 1. The molecule has 2 aliphatic heterocycles. The highest BCUT2D eigenvalue weighted by Gasteiger charge is 2.34. The molecule has 1 fully saturated rings. The lowest BCUT2D eigenvalue weighted by Gasteiger charge is -2.32. The molecule has 0 bridgehead atoms. The molecule has 4 aromatic rings. The summed E-state index contributed by atoms with van der Waals surface area (Å²) >= 11 is 1.25. The Morgan fingerprint density at radius 1 is 1.18 bits per heavy atom. The first-order chi connectivity index (χ1) is 18.9. The number of piperidine rings is 1. The number of thiophene rings is 1. The van der Waals surface area contributed by atoms with Crippen LogP contribution in [0.4, 0.5) is 21.9 Å². The lowest BCUT2D eigenvalue weighted by Crippen LogP contribution is -2.49. The Morgan fingerprint density at radius 2 is 2.03 bits per heavy atom. The molecule has 6 rings (SSSR count). The molecule has 1 atom stereocenters.